The average molecular weight is 580 g/mol. The lowest BCUT2D eigenvalue weighted by molar-refractivity contribution is -0.149. The van der Waals surface area contributed by atoms with Crippen molar-refractivity contribution in [2.45, 2.75) is 32.5 Å². The van der Waals surface area contributed by atoms with Crippen LogP contribution in [-0.2, 0) is 22.1 Å². The lowest BCUT2D eigenvalue weighted by Crippen LogP contribution is -2.20. The van der Waals surface area contributed by atoms with Gasteiger partial charge in [-0.1, -0.05) is 30.3 Å². The highest BCUT2D eigenvalue weighted by Gasteiger charge is 2.31. The summed E-state index contributed by atoms with van der Waals surface area (Å²) in [4.78, 5) is 30.0. The molecule has 1 heterocycles. The Morgan fingerprint density at radius 3 is 2.57 bits per heavy atom. The summed E-state index contributed by atoms with van der Waals surface area (Å²) in [5, 5.41) is 4.59. The zero-order chi connectivity index (χ0) is 30.4. The van der Waals surface area contributed by atoms with Gasteiger partial charge in [0, 0.05) is 11.1 Å². The van der Waals surface area contributed by atoms with Crippen LogP contribution in [0.25, 0.3) is 22.3 Å². The molecule has 0 amide bonds. The number of hydrogen-bond acceptors (Lipinski definition) is 7. The van der Waals surface area contributed by atoms with E-state index < -0.39 is 23.3 Å². The van der Waals surface area contributed by atoms with E-state index in [4.69, 9.17) is 14.2 Å². The van der Waals surface area contributed by atoms with Crippen LogP contribution in [-0.4, -0.2) is 41.7 Å². The molecule has 8 nitrogen and oxygen atoms in total. The Kier molecular flexibility index (Phi) is 9.09. The third-order valence-electron chi connectivity index (χ3n) is 5.96. The van der Waals surface area contributed by atoms with Crippen LogP contribution in [0.4, 0.5) is 13.2 Å². The SMILES string of the molecule is C=CCc1cc(C=Nn2c(-c3cccc(C(F)(F)F)c3)nc3ccccc3c2=O)cc(OC)c1OCC(=O)OC(C)C. The monoisotopic (exact) mass is 579 g/mol. The maximum atomic E-state index is 13.5. The largest absolute Gasteiger partial charge is 0.493 e. The first-order valence-electron chi connectivity index (χ1n) is 12.9. The lowest BCUT2D eigenvalue weighted by atomic mass is 10.1. The second kappa shape index (κ2) is 12.7. The van der Waals surface area contributed by atoms with E-state index in [0.29, 0.717) is 28.8 Å². The van der Waals surface area contributed by atoms with Crippen LogP contribution in [0.15, 0.2) is 83.2 Å². The molecule has 218 valence electrons. The number of carbonyl (C=O) groups is 1. The van der Waals surface area contributed by atoms with Crippen LogP contribution in [0.3, 0.4) is 0 Å². The minimum Gasteiger partial charge on any atom is -0.493 e. The minimum atomic E-state index is -4.59. The predicted octanol–water partition coefficient (Wildman–Crippen LogP) is 6.03. The fourth-order valence-electron chi connectivity index (χ4n) is 4.19. The van der Waals surface area contributed by atoms with Crippen LogP contribution in [0, 0.1) is 0 Å². The van der Waals surface area contributed by atoms with E-state index in [1.165, 1.54) is 25.5 Å². The van der Waals surface area contributed by atoms with Crippen molar-refractivity contribution < 1.29 is 32.2 Å². The Bertz CT molecular complexity index is 1710. The number of ether oxygens (including phenoxy) is 3. The summed E-state index contributed by atoms with van der Waals surface area (Å²) in [5.41, 5.74) is 0.0254. The van der Waals surface area contributed by atoms with Crippen molar-refractivity contribution >= 4 is 23.1 Å². The van der Waals surface area contributed by atoms with E-state index in [1.807, 2.05) is 0 Å². The number of carbonyl (C=O) groups excluding carboxylic acids is 1. The quantitative estimate of drug-likeness (QED) is 0.129. The molecule has 0 aliphatic carbocycles. The highest BCUT2D eigenvalue weighted by Crippen LogP contribution is 2.34. The third kappa shape index (κ3) is 6.85. The number of aromatic nitrogens is 2. The molecule has 0 saturated heterocycles. The molecule has 0 saturated carbocycles. The average Bonchev–Trinajstić information content (AvgIpc) is 2.95. The summed E-state index contributed by atoms with van der Waals surface area (Å²) in [6.07, 6.45) is -1.55. The fourth-order valence-corrected chi connectivity index (χ4v) is 4.19. The zero-order valence-corrected chi connectivity index (χ0v) is 23.1. The Hall–Kier alpha value is -4.93. The highest BCUT2D eigenvalue weighted by atomic mass is 19.4. The smallest absolute Gasteiger partial charge is 0.416 e. The molecule has 42 heavy (non-hydrogen) atoms. The molecule has 0 aliphatic heterocycles. The number of benzene rings is 3. The first-order valence-corrected chi connectivity index (χ1v) is 12.9. The molecule has 1 aromatic heterocycles. The Balaban J connectivity index is 1.81. The van der Waals surface area contributed by atoms with Crippen LogP contribution in [0.2, 0.25) is 0 Å². The number of methoxy groups -OCH3 is 1. The van der Waals surface area contributed by atoms with Gasteiger partial charge >= 0.3 is 12.1 Å². The second-order valence-corrected chi connectivity index (χ2v) is 9.42. The molecule has 0 radical (unpaired) electrons. The third-order valence-corrected chi connectivity index (χ3v) is 5.96. The first kappa shape index (κ1) is 30.0. The normalized spacial score (nSPS) is 11.7. The minimum absolute atomic E-state index is 0.0618. The van der Waals surface area contributed by atoms with Gasteiger partial charge in [0.25, 0.3) is 5.56 Å². The first-order chi connectivity index (χ1) is 20.0. The van der Waals surface area contributed by atoms with Gasteiger partial charge in [-0.15, -0.1) is 6.58 Å². The van der Waals surface area contributed by atoms with Gasteiger partial charge in [-0.2, -0.15) is 22.9 Å². The van der Waals surface area contributed by atoms with Gasteiger partial charge in [0.15, 0.2) is 23.9 Å². The van der Waals surface area contributed by atoms with Crippen LogP contribution < -0.4 is 15.0 Å². The van der Waals surface area contributed by atoms with Gasteiger partial charge in [0.2, 0.25) is 0 Å². The summed E-state index contributed by atoms with van der Waals surface area (Å²) in [5.74, 6) is -0.0184. The van der Waals surface area contributed by atoms with E-state index in [-0.39, 0.29) is 35.2 Å². The molecule has 0 spiro atoms. The Labute approximate surface area is 239 Å². The number of rotatable bonds is 10. The molecule has 4 rings (SSSR count). The summed E-state index contributed by atoms with van der Waals surface area (Å²) in [7, 11) is 1.43. The molecule has 0 unspecified atom stereocenters. The van der Waals surface area contributed by atoms with Gasteiger partial charge in [-0.25, -0.2) is 9.78 Å². The van der Waals surface area contributed by atoms with Crippen LogP contribution in [0.1, 0.15) is 30.5 Å². The fraction of sp³-hybridized carbons (Fsp3) is 0.226. The van der Waals surface area contributed by atoms with Crippen molar-refractivity contribution in [3.05, 3.63) is 100 Å². The maximum Gasteiger partial charge on any atom is 0.416 e. The van der Waals surface area contributed by atoms with Gasteiger partial charge in [0.05, 0.1) is 35.9 Å². The van der Waals surface area contributed by atoms with E-state index >= 15 is 0 Å². The highest BCUT2D eigenvalue weighted by molar-refractivity contribution is 5.83. The number of esters is 1. The summed E-state index contributed by atoms with van der Waals surface area (Å²) in [6.45, 7) is 6.88. The number of halogens is 3. The molecular weight excluding hydrogens is 551 g/mol. The van der Waals surface area contributed by atoms with Gasteiger partial charge in [-0.3, -0.25) is 4.79 Å². The number of alkyl halides is 3. The maximum absolute atomic E-state index is 13.5. The molecule has 0 atom stereocenters. The summed E-state index contributed by atoms with van der Waals surface area (Å²) >= 11 is 0. The van der Waals surface area contributed by atoms with Crippen molar-refractivity contribution in [3.63, 3.8) is 0 Å². The molecule has 3 aromatic carbocycles. The van der Waals surface area contributed by atoms with Crippen molar-refractivity contribution in [1.82, 2.24) is 9.66 Å². The van der Waals surface area contributed by atoms with E-state index in [9.17, 15) is 22.8 Å². The van der Waals surface area contributed by atoms with E-state index in [1.54, 1.807) is 56.3 Å². The van der Waals surface area contributed by atoms with Gasteiger partial charge in [0.1, 0.15) is 0 Å². The van der Waals surface area contributed by atoms with Crippen LogP contribution in [0.5, 0.6) is 11.5 Å². The number of allylic oxidation sites excluding steroid dienone is 1. The lowest BCUT2D eigenvalue weighted by Gasteiger charge is -2.16. The number of hydrogen-bond donors (Lipinski definition) is 0. The molecule has 0 fully saturated rings. The number of para-hydroxylation sites is 1. The standard InChI is InChI=1S/C31H28F3N3O5/c1-5-9-21-14-20(15-26(40-4)28(21)41-18-27(38)42-19(2)3)17-35-37-29(22-10-8-11-23(16-22)31(32,33)34)36-25-13-7-6-12-24(25)30(37)39/h5-8,10-17,19H,1,9,18H2,2-4H3. The predicted molar refractivity (Wildman–Crippen MR) is 153 cm³/mol. The molecule has 0 N–H and O–H groups in total. The molecule has 0 aliphatic rings. The van der Waals surface area contributed by atoms with Crippen molar-refractivity contribution in [3.8, 4) is 22.9 Å². The van der Waals surface area contributed by atoms with Crippen molar-refractivity contribution in [2.24, 2.45) is 5.10 Å². The molecular formula is C31H28F3N3O5. The van der Waals surface area contributed by atoms with E-state index in [0.717, 1.165) is 16.8 Å². The van der Waals surface area contributed by atoms with Crippen molar-refractivity contribution in [1.29, 1.82) is 0 Å². The molecule has 0 bridgehead atoms. The number of fused-ring (bicyclic) bond motifs is 1. The number of nitrogens with zero attached hydrogens (tertiary/aromatic N) is 3. The Morgan fingerprint density at radius 2 is 1.88 bits per heavy atom. The second-order valence-electron chi connectivity index (χ2n) is 9.42. The Morgan fingerprint density at radius 1 is 1.12 bits per heavy atom. The topological polar surface area (TPSA) is 92.0 Å². The summed E-state index contributed by atoms with van der Waals surface area (Å²) < 4.78 is 57.7. The van der Waals surface area contributed by atoms with Gasteiger partial charge < -0.3 is 14.2 Å². The summed E-state index contributed by atoms with van der Waals surface area (Å²) in [6, 6.07) is 14.3. The van der Waals surface area contributed by atoms with E-state index in [2.05, 4.69) is 16.7 Å². The zero-order valence-electron chi connectivity index (χ0n) is 23.1. The molecule has 11 heteroatoms. The van der Waals surface area contributed by atoms with Gasteiger partial charge in [-0.05, 0) is 62.2 Å². The van der Waals surface area contributed by atoms with Crippen LogP contribution >= 0.6 is 0 Å². The van der Waals surface area contributed by atoms with Crippen molar-refractivity contribution in [2.75, 3.05) is 13.7 Å². The molecule has 4 aromatic rings.